The summed E-state index contributed by atoms with van der Waals surface area (Å²) in [4.78, 5) is 0. The molecule has 0 saturated carbocycles. The van der Waals surface area contributed by atoms with Crippen LogP contribution in [-0.2, 0) is 0 Å². The van der Waals surface area contributed by atoms with Crippen molar-refractivity contribution in [2.45, 2.75) is 19.8 Å². The smallest absolute Gasteiger partial charge is 0.000189 e. The van der Waals surface area contributed by atoms with E-state index in [1.807, 2.05) is 0 Å². The van der Waals surface area contributed by atoms with E-state index < -0.39 is 0 Å². The average molecular weight is 194 g/mol. The van der Waals surface area contributed by atoms with Gasteiger partial charge in [-0.1, -0.05) is 49.4 Å². The predicted molar refractivity (Wildman–Crippen MR) is 66.1 cm³/mol. The van der Waals surface area contributed by atoms with Crippen molar-refractivity contribution in [3.8, 4) is 0 Å². The van der Waals surface area contributed by atoms with Gasteiger partial charge in [-0.3, -0.25) is 0 Å². The molecular formula is C15H14. The summed E-state index contributed by atoms with van der Waals surface area (Å²) < 4.78 is 0. The number of hydrogen-bond acceptors (Lipinski definition) is 0. The van der Waals surface area contributed by atoms with Gasteiger partial charge in [-0.25, -0.2) is 0 Å². The molecule has 0 aliphatic heterocycles. The Balaban J connectivity index is 2.54. The van der Waals surface area contributed by atoms with Crippen LogP contribution >= 0.6 is 0 Å². The summed E-state index contributed by atoms with van der Waals surface area (Å²) in [5.41, 5.74) is 4.28. The lowest BCUT2D eigenvalue weighted by Crippen LogP contribution is -2.00. The molecule has 1 aliphatic rings. The summed E-state index contributed by atoms with van der Waals surface area (Å²) in [6.45, 7) is 4.48. The SMILES string of the molecule is Cc1ccc2cccc3c2c1C(C)C=C3. The first-order chi connectivity index (χ1) is 7.27. The number of benzene rings is 2. The molecule has 0 heteroatoms. The Labute approximate surface area is 90.2 Å². The van der Waals surface area contributed by atoms with Gasteiger partial charge < -0.3 is 0 Å². The lowest BCUT2D eigenvalue weighted by Gasteiger charge is -2.20. The first-order valence-electron chi connectivity index (χ1n) is 5.48. The fourth-order valence-electron chi connectivity index (χ4n) is 2.61. The number of aryl methyl sites for hydroxylation is 1. The van der Waals surface area contributed by atoms with E-state index >= 15 is 0 Å². The minimum atomic E-state index is 0.545. The van der Waals surface area contributed by atoms with Gasteiger partial charge in [0.15, 0.2) is 0 Å². The summed E-state index contributed by atoms with van der Waals surface area (Å²) in [5.74, 6) is 0.545. The number of rotatable bonds is 0. The van der Waals surface area contributed by atoms with E-state index in [0.717, 1.165) is 0 Å². The molecule has 0 nitrogen and oxygen atoms in total. The second kappa shape index (κ2) is 2.96. The van der Waals surface area contributed by atoms with Crippen LogP contribution in [0.5, 0.6) is 0 Å². The van der Waals surface area contributed by atoms with Crippen LogP contribution in [0.25, 0.3) is 16.8 Å². The van der Waals surface area contributed by atoms with Gasteiger partial charge >= 0.3 is 0 Å². The van der Waals surface area contributed by atoms with E-state index in [1.165, 1.54) is 27.5 Å². The minimum Gasteiger partial charge on any atom is -0.0766 e. The van der Waals surface area contributed by atoms with Crippen LogP contribution < -0.4 is 0 Å². The van der Waals surface area contributed by atoms with Gasteiger partial charge in [0.1, 0.15) is 0 Å². The lowest BCUT2D eigenvalue weighted by molar-refractivity contribution is 0.964. The Morgan fingerprint density at radius 1 is 1.07 bits per heavy atom. The van der Waals surface area contributed by atoms with Gasteiger partial charge in [-0.2, -0.15) is 0 Å². The Bertz CT molecular complexity index is 562. The molecule has 1 aliphatic carbocycles. The van der Waals surface area contributed by atoms with E-state index in [1.54, 1.807) is 0 Å². The molecule has 2 aromatic carbocycles. The fourth-order valence-corrected chi connectivity index (χ4v) is 2.61. The van der Waals surface area contributed by atoms with Crippen LogP contribution in [0.1, 0.15) is 29.5 Å². The highest BCUT2D eigenvalue weighted by atomic mass is 14.2. The summed E-state index contributed by atoms with van der Waals surface area (Å²) in [6, 6.07) is 11.0. The van der Waals surface area contributed by atoms with Crippen LogP contribution in [0.2, 0.25) is 0 Å². The van der Waals surface area contributed by atoms with Crippen LogP contribution in [-0.4, -0.2) is 0 Å². The molecule has 2 aromatic rings. The molecule has 0 amide bonds. The van der Waals surface area contributed by atoms with Gasteiger partial charge in [0, 0.05) is 5.92 Å². The van der Waals surface area contributed by atoms with Crippen molar-refractivity contribution in [1.29, 1.82) is 0 Å². The Kier molecular flexibility index (Phi) is 1.72. The molecule has 0 aromatic heterocycles. The largest absolute Gasteiger partial charge is 0.0766 e. The van der Waals surface area contributed by atoms with Crippen molar-refractivity contribution in [2.75, 3.05) is 0 Å². The molecule has 0 spiro atoms. The summed E-state index contributed by atoms with van der Waals surface area (Å²) in [5, 5.41) is 2.82. The molecule has 0 N–H and O–H groups in total. The van der Waals surface area contributed by atoms with E-state index in [4.69, 9.17) is 0 Å². The maximum absolute atomic E-state index is 2.30. The van der Waals surface area contributed by atoms with E-state index in [9.17, 15) is 0 Å². The second-order valence-electron chi connectivity index (χ2n) is 4.39. The average Bonchev–Trinajstić information content (AvgIpc) is 2.25. The Hall–Kier alpha value is -1.56. The monoisotopic (exact) mass is 194 g/mol. The van der Waals surface area contributed by atoms with Crippen molar-refractivity contribution in [2.24, 2.45) is 0 Å². The molecule has 3 rings (SSSR count). The lowest BCUT2D eigenvalue weighted by atomic mass is 9.84. The van der Waals surface area contributed by atoms with Gasteiger partial charge in [0.05, 0.1) is 0 Å². The highest BCUT2D eigenvalue weighted by molar-refractivity contribution is 5.96. The molecule has 74 valence electrons. The third-order valence-electron chi connectivity index (χ3n) is 3.36. The first kappa shape index (κ1) is 8.72. The van der Waals surface area contributed by atoms with Crippen LogP contribution in [0.4, 0.5) is 0 Å². The van der Waals surface area contributed by atoms with Crippen LogP contribution in [0.3, 0.4) is 0 Å². The quantitative estimate of drug-likeness (QED) is 0.587. The molecular weight excluding hydrogens is 180 g/mol. The highest BCUT2D eigenvalue weighted by Gasteiger charge is 2.15. The zero-order valence-corrected chi connectivity index (χ0v) is 9.12. The zero-order valence-electron chi connectivity index (χ0n) is 9.12. The summed E-state index contributed by atoms with van der Waals surface area (Å²) in [6.07, 6.45) is 4.55. The zero-order chi connectivity index (χ0) is 10.4. The van der Waals surface area contributed by atoms with E-state index in [-0.39, 0.29) is 0 Å². The van der Waals surface area contributed by atoms with E-state index in [0.29, 0.717) is 5.92 Å². The van der Waals surface area contributed by atoms with Crippen LogP contribution in [0, 0.1) is 6.92 Å². The van der Waals surface area contributed by atoms with Gasteiger partial charge in [-0.15, -0.1) is 0 Å². The van der Waals surface area contributed by atoms with Crippen molar-refractivity contribution in [3.05, 3.63) is 53.1 Å². The molecule has 15 heavy (non-hydrogen) atoms. The maximum Gasteiger partial charge on any atom is 0.000189 e. The highest BCUT2D eigenvalue weighted by Crippen LogP contribution is 2.36. The standard InChI is InChI=1S/C15H14/c1-10-6-8-12-4-3-5-13-9-7-11(2)14(10)15(12)13/h3-10H,1-2H3. The Morgan fingerprint density at radius 2 is 1.93 bits per heavy atom. The normalized spacial score (nSPS) is 18.4. The molecule has 1 atom stereocenters. The number of hydrogen-bond donors (Lipinski definition) is 0. The molecule has 1 unspecified atom stereocenters. The van der Waals surface area contributed by atoms with Crippen molar-refractivity contribution >= 4 is 16.8 Å². The molecule has 0 fully saturated rings. The van der Waals surface area contributed by atoms with Gasteiger partial charge in [0.25, 0.3) is 0 Å². The van der Waals surface area contributed by atoms with Crippen molar-refractivity contribution in [3.63, 3.8) is 0 Å². The Morgan fingerprint density at radius 3 is 2.80 bits per heavy atom. The summed E-state index contributed by atoms with van der Waals surface area (Å²) >= 11 is 0. The molecule has 0 heterocycles. The van der Waals surface area contributed by atoms with Gasteiger partial charge in [0.2, 0.25) is 0 Å². The maximum atomic E-state index is 2.30. The minimum absolute atomic E-state index is 0.545. The third-order valence-corrected chi connectivity index (χ3v) is 3.36. The molecule has 0 bridgehead atoms. The van der Waals surface area contributed by atoms with Crippen molar-refractivity contribution in [1.82, 2.24) is 0 Å². The first-order valence-corrected chi connectivity index (χ1v) is 5.48. The number of allylic oxidation sites excluding steroid dienone is 1. The fraction of sp³-hybridized carbons (Fsp3) is 0.200. The third kappa shape index (κ3) is 1.14. The predicted octanol–water partition coefficient (Wildman–Crippen LogP) is 4.28. The van der Waals surface area contributed by atoms with Crippen LogP contribution in [0.15, 0.2) is 36.4 Å². The summed E-state index contributed by atoms with van der Waals surface area (Å²) in [7, 11) is 0. The second-order valence-corrected chi connectivity index (χ2v) is 4.39. The van der Waals surface area contributed by atoms with E-state index in [2.05, 4.69) is 56.3 Å². The van der Waals surface area contributed by atoms with Crippen molar-refractivity contribution < 1.29 is 0 Å². The topological polar surface area (TPSA) is 0 Å². The van der Waals surface area contributed by atoms with Gasteiger partial charge in [-0.05, 0) is 34.4 Å². The molecule has 0 saturated heterocycles. The molecule has 0 radical (unpaired) electrons.